The molecule has 0 bridgehead atoms. The molecule has 2 atom stereocenters. The van der Waals surface area contributed by atoms with Crippen LogP contribution in [0.2, 0.25) is 0 Å². The molecule has 280 valence electrons. The van der Waals surface area contributed by atoms with Crippen LogP contribution < -0.4 is 20.8 Å². The van der Waals surface area contributed by atoms with Gasteiger partial charge in [-0.2, -0.15) is 4.98 Å². The highest BCUT2D eigenvalue weighted by atomic mass is 16.8. The van der Waals surface area contributed by atoms with Gasteiger partial charge in [-0.25, -0.2) is 4.98 Å². The third kappa shape index (κ3) is 5.76. The molecular formula is C39H39N5O10. The van der Waals surface area contributed by atoms with Gasteiger partial charge in [-0.3, -0.25) is 28.3 Å². The number of aliphatic hydroxyl groups excluding tert-OH is 1. The highest BCUT2D eigenvalue weighted by Gasteiger charge is 2.59. The quantitative estimate of drug-likeness (QED) is 0.120. The van der Waals surface area contributed by atoms with E-state index in [4.69, 9.17) is 29.4 Å². The Morgan fingerprint density at radius 1 is 0.944 bits per heavy atom. The molecule has 7 rings (SSSR count). The molecule has 0 amide bonds. The summed E-state index contributed by atoms with van der Waals surface area (Å²) >= 11 is 0. The Balaban J connectivity index is 1.72. The largest absolute Gasteiger partial charge is 0.497 e. The van der Waals surface area contributed by atoms with E-state index >= 15 is 0 Å². The van der Waals surface area contributed by atoms with E-state index < -0.39 is 59.5 Å². The van der Waals surface area contributed by atoms with Gasteiger partial charge in [0.15, 0.2) is 17.0 Å². The average Bonchev–Trinajstić information content (AvgIpc) is 3.69. The zero-order valence-electron chi connectivity index (χ0n) is 30.1. The number of hydrogen-bond acceptors (Lipinski definition) is 13. The van der Waals surface area contributed by atoms with Crippen LogP contribution in [-0.4, -0.2) is 74.6 Å². The summed E-state index contributed by atoms with van der Waals surface area (Å²) in [5, 5.41) is 10.4. The molecule has 3 aromatic carbocycles. The van der Waals surface area contributed by atoms with Gasteiger partial charge in [-0.1, -0.05) is 74.5 Å². The first kappa shape index (κ1) is 36.3. The standard InChI is InChI=1S/C39H39N5O10/c1-22(2)32(48)33-41-31-34(49)42-37(40)44(35(31)43(33)36-38(20-26(21-45)52-36)53-29(46)17-18-30(47)54-38)39(23-11-7-5-8-12-23,24-13-9-6-10-14-24)27-16-15-25(50-3)19-28(27)51-4/h5-16,19,22,26,36,45H,17-18,20-21H2,1-4H3,(H2,40,42,49)/t26-,36+/m0/s1. The second kappa shape index (κ2) is 14.1. The van der Waals surface area contributed by atoms with Gasteiger partial charge in [0.25, 0.3) is 0 Å². The molecule has 4 heterocycles. The Kier molecular flexibility index (Phi) is 9.45. The number of carbonyl (C=O) groups excluding carboxylic acids is 3. The van der Waals surface area contributed by atoms with Gasteiger partial charge in [0, 0.05) is 17.5 Å². The first-order valence-electron chi connectivity index (χ1n) is 17.4. The van der Waals surface area contributed by atoms with Crippen molar-refractivity contribution in [1.29, 1.82) is 0 Å². The van der Waals surface area contributed by atoms with Gasteiger partial charge in [0.05, 0.1) is 46.2 Å². The number of fused-ring (bicyclic) bond motifs is 1. The number of carbonyl (C=O) groups is 3. The molecule has 0 saturated carbocycles. The summed E-state index contributed by atoms with van der Waals surface area (Å²) in [5.74, 6) is -4.65. The second-order valence-electron chi connectivity index (χ2n) is 13.4. The van der Waals surface area contributed by atoms with Gasteiger partial charge >= 0.3 is 23.3 Å². The number of rotatable bonds is 10. The molecule has 0 aliphatic carbocycles. The molecule has 2 saturated heterocycles. The molecule has 15 heteroatoms. The fourth-order valence-electron chi connectivity index (χ4n) is 7.41. The van der Waals surface area contributed by atoms with E-state index in [1.165, 1.54) is 18.8 Å². The average molecular weight is 738 g/mol. The lowest BCUT2D eigenvalue weighted by molar-refractivity contribution is -0.251. The van der Waals surface area contributed by atoms with Crippen molar-refractivity contribution in [2.75, 3.05) is 26.6 Å². The number of ether oxygens (including phenoxy) is 5. The fourth-order valence-corrected chi connectivity index (χ4v) is 7.41. The van der Waals surface area contributed by atoms with Crippen molar-refractivity contribution in [3.8, 4) is 11.5 Å². The number of methoxy groups -OCH3 is 2. The van der Waals surface area contributed by atoms with Crippen LogP contribution in [-0.2, 0) is 29.3 Å². The lowest BCUT2D eigenvalue weighted by atomic mass is 9.76. The summed E-state index contributed by atoms with van der Waals surface area (Å²) in [6.45, 7) is 2.74. The first-order chi connectivity index (χ1) is 26.0. The Morgan fingerprint density at radius 3 is 2.09 bits per heavy atom. The Bertz CT molecular complexity index is 2250. The molecule has 3 N–H and O–H groups in total. The zero-order valence-corrected chi connectivity index (χ0v) is 30.1. The molecule has 0 unspecified atom stereocenters. The number of aromatic nitrogens is 4. The van der Waals surface area contributed by atoms with Crippen LogP contribution in [0.1, 0.15) is 66.6 Å². The Labute approximate surface area is 309 Å². The van der Waals surface area contributed by atoms with Crippen LogP contribution in [0, 0.1) is 5.92 Å². The molecule has 1 spiro atoms. The number of benzene rings is 3. The van der Waals surface area contributed by atoms with Gasteiger partial charge in [-0.05, 0) is 23.3 Å². The fraction of sp³-hybridized carbons (Fsp3) is 0.333. The summed E-state index contributed by atoms with van der Waals surface area (Å²) in [7, 11) is 3.03. The zero-order chi connectivity index (χ0) is 38.4. The number of Topliss-reactive ketones (excluding diaryl/α,β-unsaturated/α-hetero) is 1. The predicted molar refractivity (Wildman–Crippen MR) is 193 cm³/mol. The van der Waals surface area contributed by atoms with Crippen LogP contribution in [0.15, 0.2) is 83.7 Å². The minimum atomic E-state index is -2.18. The number of ketones is 1. The minimum absolute atomic E-state index is 0.0820. The lowest BCUT2D eigenvalue weighted by Crippen LogP contribution is -2.46. The van der Waals surface area contributed by atoms with Gasteiger partial charge in [-0.15, -0.1) is 0 Å². The smallest absolute Gasteiger partial charge is 0.309 e. The van der Waals surface area contributed by atoms with Gasteiger partial charge in [0.2, 0.25) is 18.0 Å². The first-order valence-corrected chi connectivity index (χ1v) is 17.4. The molecule has 15 nitrogen and oxygen atoms in total. The maximum Gasteiger partial charge on any atom is 0.309 e. The number of esters is 2. The third-order valence-electron chi connectivity index (χ3n) is 9.76. The third-order valence-corrected chi connectivity index (χ3v) is 9.76. The number of nitrogens with zero attached hydrogens (tertiary/aromatic N) is 4. The van der Waals surface area contributed by atoms with Crippen molar-refractivity contribution < 1.29 is 43.2 Å². The van der Waals surface area contributed by atoms with Crippen molar-refractivity contribution >= 4 is 34.8 Å². The molecule has 54 heavy (non-hydrogen) atoms. The molecule has 2 aliphatic heterocycles. The Morgan fingerprint density at radius 2 is 1.56 bits per heavy atom. The van der Waals surface area contributed by atoms with E-state index in [2.05, 4.69) is 9.97 Å². The summed E-state index contributed by atoms with van der Waals surface area (Å²) in [6, 6.07) is 23.7. The van der Waals surface area contributed by atoms with E-state index in [1.54, 1.807) is 36.6 Å². The summed E-state index contributed by atoms with van der Waals surface area (Å²) < 4.78 is 32.6. The molecule has 2 aromatic heterocycles. The number of aliphatic hydroxyl groups is 1. The van der Waals surface area contributed by atoms with Crippen molar-refractivity contribution in [2.24, 2.45) is 5.92 Å². The normalized spacial score (nSPS) is 18.4. The number of nitrogen functional groups attached to an aromatic ring is 1. The highest BCUT2D eigenvalue weighted by Crippen LogP contribution is 2.50. The topological polar surface area (TPSA) is 196 Å². The van der Waals surface area contributed by atoms with Crippen molar-refractivity contribution in [1.82, 2.24) is 19.1 Å². The molecule has 2 aliphatic rings. The van der Waals surface area contributed by atoms with Gasteiger partial charge < -0.3 is 34.5 Å². The summed E-state index contributed by atoms with van der Waals surface area (Å²) in [5.41, 5.74) is 5.88. The predicted octanol–water partition coefficient (Wildman–Crippen LogP) is 3.73. The van der Waals surface area contributed by atoms with E-state index in [0.717, 1.165) is 0 Å². The monoisotopic (exact) mass is 737 g/mol. The van der Waals surface area contributed by atoms with E-state index in [0.29, 0.717) is 28.2 Å². The van der Waals surface area contributed by atoms with Crippen molar-refractivity contribution in [2.45, 2.75) is 56.8 Å². The number of hydrogen-bond donors (Lipinski definition) is 2. The molecule has 2 fully saturated rings. The Hall–Kier alpha value is -6.06. The maximum absolute atomic E-state index is 14.2. The summed E-state index contributed by atoms with van der Waals surface area (Å²) in [4.78, 5) is 63.4. The van der Waals surface area contributed by atoms with Crippen LogP contribution in [0.25, 0.3) is 11.2 Å². The molecule has 5 aromatic rings. The number of imidazole rings is 1. The van der Waals surface area contributed by atoms with Crippen LogP contribution >= 0.6 is 0 Å². The maximum atomic E-state index is 14.2. The molecular weight excluding hydrogens is 698 g/mol. The van der Waals surface area contributed by atoms with Crippen LogP contribution in [0.4, 0.5) is 5.95 Å². The summed E-state index contributed by atoms with van der Waals surface area (Å²) in [6.07, 6.45) is -3.52. The van der Waals surface area contributed by atoms with E-state index in [9.17, 15) is 24.3 Å². The SMILES string of the molecule is COc1ccc(C(c2ccccc2)(c2ccccc2)n2c(N)nc(=O)c3nc(C(=O)C(C)C)n([C@@H]4O[C@H](CO)CC45OC(=O)CCC(=O)O5)c32)c(OC)c1. The lowest BCUT2D eigenvalue weighted by Gasteiger charge is -2.41. The number of nitrogens with two attached hydrogens (primary N) is 1. The van der Waals surface area contributed by atoms with Gasteiger partial charge in [0.1, 0.15) is 17.0 Å². The second-order valence-corrected chi connectivity index (χ2v) is 13.4. The van der Waals surface area contributed by atoms with E-state index in [1.807, 2.05) is 60.7 Å². The van der Waals surface area contributed by atoms with Crippen LogP contribution in [0.3, 0.4) is 0 Å². The van der Waals surface area contributed by atoms with E-state index in [-0.39, 0.29) is 42.2 Å². The molecule has 0 radical (unpaired) electrons. The minimum Gasteiger partial charge on any atom is -0.497 e. The number of anilines is 1. The van der Waals surface area contributed by atoms with Crippen molar-refractivity contribution in [3.05, 3.63) is 112 Å². The van der Waals surface area contributed by atoms with Crippen LogP contribution in [0.5, 0.6) is 11.5 Å². The highest BCUT2D eigenvalue weighted by molar-refractivity contribution is 5.97. The van der Waals surface area contributed by atoms with Crippen molar-refractivity contribution in [3.63, 3.8) is 0 Å².